The van der Waals surface area contributed by atoms with Crippen LogP contribution in [0.25, 0.3) is 0 Å². The Morgan fingerprint density at radius 3 is 2.76 bits per heavy atom. The molecule has 1 aromatic rings. The van der Waals surface area contributed by atoms with Crippen LogP contribution in [0, 0.1) is 0 Å². The van der Waals surface area contributed by atoms with Crippen LogP contribution in [0.1, 0.15) is 43.3 Å². The number of nitrogens with zero attached hydrogens (tertiary/aromatic N) is 1. The first kappa shape index (κ1) is 14.9. The van der Waals surface area contributed by atoms with Gasteiger partial charge >= 0.3 is 0 Å². The monoisotopic (exact) mass is 276 g/mol. The van der Waals surface area contributed by atoms with E-state index in [1.807, 2.05) is 0 Å². The minimum atomic E-state index is 0. The van der Waals surface area contributed by atoms with E-state index in [4.69, 9.17) is 5.11 Å². The van der Waals surface area contributed by atoms with Crippen molar-refractivity contribution in [3.8, 4) is 0 Å². The summed E-state index contributed by atoms with van der Waals surface area (Å²) in [7, 11) is 0. The van der Waals surface area contributed by atoms with E-state index in [9.17, 15) is 0 Å². The van der Waals surface area contributed by atoms with Crippen molar-refractivity contribution in [3.63, 3.8) is 0 Å². The van der Waals surface area contributed by atoms with Gasteiger partial charge in [-0.1, -0.05) is 6.92 Å². The van der Waals surface area contributed by atoms with E-state index in [1.165, 1.54) is 24.3 Å². The van der Waals surface area contributed by atoms with Crippen LogP contribution < -0.4 is 5.32 Å². The summed E-state index contributed by atoms with van der Waals surface area (Å²) >= 11 is 1.74. The Morgan fingerprint density at radius 1 is 1.53 bits per heavy atom. The number of halogens is 1. The number of aliphatic hydroxyl groups is 1. The topological polar surface area (TPSA) is 45.2 Å². The molecule has 98 valence electrons. The van der Waals surface area contributed by atoms with Gasteiger partial charge in [0, 0.05) is 24.1 Å². The molecule has 5 heteroatoms. The molecule has 3 nitrogen and oxygen atoms in total. The predicted octanol–water partition coefficient (Wildman–Crippen LogP) is 2.52. The highest BCUT2D eigenvalue weighted by molar-refractivity contribution is 7.09. The molecule has 0 saturated heterocycles. The molecule has 0 aliphatic heterocycles. The molecule has 1 aromatic heterocycles. The average Bonchev–Trinajstić information content (AvgIpc) is 2.70. The Labute approximate surface area is 113 Å². The van der Waals surface area contributed by atoms with Crippen LogP contribution in [0.15, 0.2) is 5.38 Å². The third-order valence-corrected chi connectivity index (χ3v) is 4.49. The Kier molecular flexibility index (Phi) is 5.86. The van der Waals surface area contributed by atoms with E-state index in [-0.39, 0.29) is 24.6 Å². The van der Waals surface area contributed by atoms with Crippen molar-refractivity contribution in [2.45, 2.75) is 51.1 Å². The molecule has 1 aliphatic carbocycles. The zero-order valence-electron chi connectivity index (χ0n) is 10.2. The SMILES string of the molecule is CCc1nc(CNC2(CCO)CCC2)cs1.Cl. The molecule has 0 unspecified atom stereocenters. The van der Waals surface area contributed by atoms with Crippen molar-refractivity contribution in [2.75, 3.05) is 6.61 Å². The molecule has 1 aliphatic rings. The summed E-state index contributed by atoms with van der Waals surface area (Å²) in [5.74, 6) is 0. The highest BCUT2D eigenvalue weighted by Crippen LogP contribution is 2.34. The van der Waals surface area contributed by atoms with Crippen molar-refractivity contribution in [1.82, 2.24) is 10.3 Å². The van der Waals surface area contributed by atoms with Crippen LogP contribution >= 0.6 is 23.7 Å². The van der Waals surface area contributed by atoms with Crippen molar-refractivity contribution in [3.05, 3.63) is 16.1 Å². The quantitative estimate of drug-likeness (QED) is 0.839. The van der Waals surface area contributed by atoms with Gasteiger partial charge in [-0.15, -0.1) is 23.7 Å². The molecule has 0 amide bonds. The van der Waals surface area contributed by atoms with E-state index in [2.05, 4.69) is 22.6 Å². The predicted molar refractivity (Wildman–Crippen MR) is 73.9 cm³/mol. The molecule has 0 aromatic carbocycles. The van der Waals surface area contributed by atoms with Crippen LogP contribution in [0.5, 0.6) is 0 Å². The fraction of sp³-hybridized carbons (Fsp3) is 0.750. The Balaban J connectivity index is 0.00000144. The summed E-state index contributed by atoms with van der Waals surface area (Å²) in [5.41, 5.74) is 1.34. The molecule has 0 bridgehead atoms. The lowest BCUT2D eigenvalue weighted by atomic mass is 9.74. The maximum atomic E-state index is 9.05. The van der Waals surface area contributed by atoms with Gasteiger partial charge < -0.3 is 10.4 Å². The molecule has 1 fully saturated rings. The third kappa shape index (κ3) is 3.65. The Bertz CT molecular complexity index is 339. The number of nitrogens with one attached hydrogen (secondary N) is 1. The first-order valence-corrected chi connectivity index (χ1v) is 6.95. The summed E-state index contributed by atoms with van der Waals surface area (Å²) in [5, 5.41) is 16.0. The molecule has 0 atom stereocenters. The number of thiazole rings is 1. The number of aryl methyl sites for hydroxylation is 1. The first-order chi connectivity index (χ1) is 7.78. The maximum absolute atomic E-state index is 9.05. The second-order valence-corrected chi connectivity index (χ2v) is 5.49. The second-order valence-electron chi connectivity index (χ2n) is 4.55. The highest BCUT2D eigenvalue weighted by atomic mass is 35.5. The molecule has 2 rings (SSSR count). The summed E-state index contributed by atoms with van der Waals surface area (Å²) in [6.07, 6.45) is 5.56. The molecule has 0 spiro atoms. The van der Waals surface area contributed by atoms with Crippen molar-refractivity contribution < 1.29 is 5.11 Å². The molecule has 17 heavy (non-hydrogen) atoms. The van der Waals surface area contributed by atoms with E-state index in [0.717, 1.165) is 25.1 Å². The molecule has 0 radical (unpaired) electrons. The maximum Gasteiger partial charge on any atom is 0.0926 e. The minimum absolute atomic E-state index is 0. The highest BCUT2D eigenvalue weighted by Gasteiger charge is 2.35. The Hall–Kier alpha value is -0.160. The smallest absolute Gasteiger partial charge is 0.0926 e. The fourth-order valence-electron chi connectivity index (χ4n) is 2.20. The Morgan fingerprint density at radius 2 is 2.29 bits per heavy atom. The minimum Gasteiger partial charge on any atom is -0.396 e. The lowest BCUT2D eigenvalue weighted by Crippen LogP contribution is -2.51. The number of hydrogen-bond acceptors (Lipinski definition) is 4. The van der Waals surface area contributed by atoms with Gasteiger partial charge in [-0.2, -0.15) is 0 Å². The lowest BCUT2D eigenvalue weighted by molar-refractivity contribution is 0.129. The van der Waals surface area contributed by atoms with Crippen molar-refractivity contribution >= 4 is 23.7 Å². The van der Waals surface area contributed by atoms with E-state index in [1.54, 1.807) is 11.3 Å². The van der Waals surface area contributed by atoms with E-state index in [0.29, 0.717) is 0 Å². The van der Waals surface area contributed by atoms with Crippen LogP contribution in [0.2, 0.25) is 0 Å². The van der Waals surface area contributed by atoms with Crippen molar-refractivity contribution in [1.29, 1.82) is 0 Å². The number of aromatic nitrogens is 1. The average molecular weight is 277 g/mol. The molecular weight excluding hydrogens is 256 g/mol. The summed E-state index contributed by atoms with van der Waals surface area (Å²) in [6.45, 7) is 3.26. The lowest BCUT2D eigenvalue weighted by Gasteiger charge is -2.42. The summed E-state index contributed by atoms with van der Waals surface area (Å²) < 4.78 is 0. The molecule has 1 saturated carbocycles. The van der Waals surface area contributed by atoms with Gasteiger partial charge in [0.15, 0.2) is 0 Å². The largest absolute Gasteiger partial charge is 0.396 e. The number of rotatable bonds is 6. The molecule has 2 N–H and O–H groups in total. The number of aliphatic hydroxyl groups excluding tert-OH is 1. The van der Waals surface area contributed by atoms with Gasteiger partial charge in [0.05, 0.1) is 10.7 Å². The van der Waals surface area contributed by atoms with Crippen molar-refractivity contribution in [2.24, 2.45) is 0 Å². The summed E-state index contributed by atoms with van der Waals surface area (Å²) in [4.78, 5) is 4.54. The first-order valence-electron chi connectivity index (χ1n) is 6.07. The van der Waals surface area contributed by atoms with E-state index < -0.39 is 0 Å². The van der Waals surface area contributed by atoms with Crippen LogP contribution in [-0.4, -0.2) is 22.2 Å². The zero-order chi connectivity index (χ0) is 11.4. The van der Waals surface area contributed by atoms with E-state index >= 15 is 0 Å². The van der Waals surface area contributed by atoms with Crippen LogP contribution in [-0.2, 0) is 13.0 Å². The fourth-order valence-corrected chi connectivity index (χ4v) is 2.95. The van der Waals surface area contributed by atoms with Gasteiger partial charge in [0.1, 0.15) is 0 Å². The second kappa shape index (κ2) is 6.69. The number of hydrogen-bond donors (Lipinski definition) is 2. The van der Waals surface area contributed by atoms with Gasteiger partial charge in [0.25, 0.3) is 0 Å². The third-order valence-electron chi connectivity index (χ3n) is 3.45. The zero-order valence-corrected chi connectivity index (χ0v) is 11.9. The van der Waals surface area contributed by atoms with Crippen LogP contribution in [0.3, 0.4) is 0 Å². The van der Waals surface area contributed by atoms with Gasteiger partial charge in [-0.05, 0) is 32.1 Å². The van der Waals surface area contributed by atoms with Gasteiger partial charge in [-0.3, -0.25) is 0 Å². The molecular formula is C12H21ClN2OS. The van der Waals surface area contributed by atoms with Crippen LogP contribution in [0.4, 0.5) is 0 Å². The van der Waals surface area contributed by atoms with Gasteiger partial charge in [-0.25, -0.2) is 4.98 Å². The van der Waals surface area contributed by atoms with Gasteiger partial charge in [0.2, 0.25) is 0 Å². The summed E-state index contributed by atoms with van der Waals surface area (Å²) in [6, 6.07) is 0. The molecule has 1 heterocycles. The standard InChI is InChI=1S/C12H20N2OS.ClH/c1-2-11-14-10(9-16-11)8-13-12(6-7-15)4-3-5-12;/h9,13,15H,2-8H2,1H3;1H. The normalized spacial score (nSPS) is 17.3.